The van der Waals surface area contributed by atoms with Gasteiger partial charge in [-0.2, -0.15) is 0 Å². The summed E-state index contributed by atoms with van der Waals surface area (Å²) in [6.45, 7) is 0.517. The van der Waals surface area contributed by atoms with Gasteiger partial charge in [0.25, 0.3) is 0 Å². The van der Waals surface area contributed by atoms with Crippen molar-refractivity contribution in [3.05, 3.63) is 39.8 Å². The second-order valence-corrected chi connectivity index (χ2v) is 5.62. The van der Waals surface area contributed by atoms with Gasteiger partial charge in [0, 0.05) is 11.1 Å². The summed E-state index contributed by atoms with van der Waals surface area (Å²) in [5, 5.41) is 0. The van der Waals surface area contributed by atoms with Gasteiger partial charge in [-0.1, -0.05) is 11.6 Å². The molecule has 2 nitrogen and oxygen atoms in total. The molecule has 0 atom stereocenters. The highest BCUT2D eigenvalue weighted by molar-refractivity contribution is 7.98. The van der Waals surface area contributed by atoms with Gasteiger partial charge in [-0.25, -0.2) is 4.98 Å². The normalized spacial score (nSPS) is 10.4. The summed E-state index contributed by atoms with van der Waals surface area (Å²) in [4.78, 5) is 6.21. The standard InChI is InChI=1S/C11H10ClNOS2/c1-15-9-4-2-8(3-5-9)14-7-10-6-13-11(12)16-10/h2-6H,7H2,1H3. The van der Waals surface area contributed by atoms with E-state index in [0.29, 0.717) is 11.1 Å². The van der Waals surface area contributed by atoms with Crippen molar-refractivity contribution in [3.63, 3.8) is 0 Å². The summed E-state index contributed by atoms with van der Waals surface area (Å²) in [5.74, 6) is 0.863. The minimum absolute atomic E-state index is 0.517. The fraction of sp³-hybridized carbons (Fsp3) is 0.182. The molecule has 2 rings (SSSR count). The van der Waals surface area contributed by atoms with Gasteiger partial charge in [0.2, 0.25) is 0 Å². The Kier molecular flexibility index (Phi) is 4.09. The van der Waals surface area contributed by atoms with Crippen LogP contribution in [-0.2, 0) is 6.61 Å². The summed E-state index contributed by atoms with van der Waals surface area (Å²) in [6, 6.07) is 8.02. The van der Waals surface area contributed by atoms with Crippen molar-refractivity contribution in [2.45, 2.75) is 11.5 Å². The third kappa shape index (κ3) is 3.14. The summed E-state index contributed by atoms with van der Waals surface area (Å²) in [7, 11) is 0. The zero-order valence-electron chi connectivity index (χ0n) is 8.64. The number of hydrogen-bond donors (Lipinski definition) is 0. The Labute approximate surface area is 108 Å². The number of benzene rings is 1. The van der Waals surface area contributed by atoms with Gasteiger partial charge in [-0.3, -0.25) is 0 Å². The third-order valence-electron chi connectivity index (χ3n) is 1.97. The molecule has 0 bridgehead atoms. The molecule has 0 aliphatic rings. The highest BCUT2D eigenvalue weighted by Gasteiger charge is 2.00. The van der Waals surface area contributed by atoms with Gasteiger partial charge < -0.3 is 4.74 Å². The molecule has 16 heavy (non-hydrogen) atoms. The van der Waals surface area contributed by atoms with Crippen LogP contribution in [0.3, 0.4) is 0 Å². The Bertz CT molecular complexity index is 455. The minimum Gasteiger partial charge on any atom is -0.488 e. The number of ether oxygens (including phenoxy) is 1. The first kappa shape index (κ1) is 11.8. The molecule has 0 N–H and O–H groups in total. The van der Waals surface area contributed by atoms with Crippen LogP contribution in [0.5, 0.6) is 5.75 Å². The predicted molar refractivity (Wildman–Crippen MR) is 69.7 cm³/mol. The smallest absolute Gasteiger partial charge is 0.183 e. The lowest BCUT2D eigenvalue weighted by atomic mass is 10.3. The number of rotatable bonds is 4. The minimum atomic E-state index is 0.517. The third-order valence-corrected chi connectivity index (χ3v) is 3.80. The molecule has 1 aromatic heterocycles. The first-order chi connectivity index (χ1) is 7.78. The first-order valence-electron chi connectivity index (χ1n) is 4.65. The second-order valence-electron chi connectivity index (χ2n) is 3.04. The zero-order chi connectivity index (χ0) is 11.4. The molecular formula is C11H10ClNOS2. The molecular weight excluding hydrogens is 262 g/mol. The lowest BCUT2D eigenvalue weighted by molar-refractivity contribution is 0.309. The molecule has 0 fully saturated rings. The first-order valence-corrected chi connectivity index (χ1v) is 7.07. The number of thiazole rings is 1. The van der Waals surface area contributed by atoms with E-state index in [1.165, 1.54) is 16.2 Å². The van der Waals surface area contributed by atoms with Crippen LogP contribution >= 0.6 is 34.7 Å². The maximum Gasteiger partial charge on any atom is 0.183 e. The molecule has 0 amide bonds. The van der Waals surface area contributed by atoms with E-state index in [9.17, 15) is 0 Å². The lowest BCUT2D eigenvalue weighted by Gasteiger charge is -2.04. The van der Waals surface area contributed by atoms with Gasteiger partial charge in [0.05, 0.1) is 4.88 Å². The number of hydrogen-bond acceptors (Lipinski definition) is 4. The number of aromatic nitrogens is 1. The van der Waals surface area contributed by atoms with Crippen molar-refractivity contribution in [2.24, 2.45) is 0 Å². The van der Waals surface area contributed by atoms with E-state index >= 15 is 0 Å². The molecule has 0 aliphatic heterocycles. The second kappa shape index (κ2) is 5.57. The Morgan fingerprint density at radius 3 is 2.69 bits per heavy atom. The van der Waals surface area contributed by atoms with Crippen molar-refractivity contribution in [1.29, 1.82) is 0 Å². The molecule has 0 saturated carbocycles. The zero-order valence-corrected chi connectivity index (χ0v) is 11.0. The van der Waals surface area contributed by atoms with E-state index < -0.39 is 0 Å². The van der Waals surface area contributed by atoms with Crippen LogP contribution in [0.25, 0.3) is 0 Å². The number of halogens is 1. The van der Waals surface area contributed by atoms with E-state index in [-0.39, 0.29) is 0 Å². The topological polar surface area (TPSA) is 22.1 Å². The van der Waals surface area contributed by atoms with Crippen molar-refractivity contribution < 1.29 is 4.74 Å². The predicted octanol–water partition coefficient (Wildman–Crippen LogP) is 4.10. The summed E-state index contributed by atoms with van der Waals surface area (Å²) in [6.07, 6.45) is 3.79. The lowest BCUT2D eigenvalue weighted by Crippen LogP contribution is -1.92. The van der Waals surface area contributed by atoms with Gasteiger partial charge in [-0.05, 0) is 30.5 Å². The summed E-state index contributed by atoms with van der Waals surface area (Å²) >= 11 is 8.89. The average molecular weight is 272 g/mol. The molecule has 0 aliphatic carbocycles. The molecule has 5 heteroatoms. The maximum absolute atomic E-state index is 5.73. The maximum atomic E-state index is 5.73. The van der Waals surface area contributed by atoms with Gasteiger partial charge in [-0.15, -0.1) is 23.1 Å². The van der Waals surface area contributed by atoms with Crippen molar-refractivity contribution in [1.82, 2.24) is 4.98 Å². The Morgan fingerprint density at radius 2 is 2.12 bits per heavy atom. The van der Waals surface area contributed by atoms with Gasteiger partial charge in [0.1, 0.15) is 12.4 Å². The Hall–Kier alpha value is -0.710. The van der Waals surface area contributed by atoms with E-state index in [4.69, 9.17) is 16.3 Å². The Morgan fingerprint density at radius 1 is 1.38 bits per heavy atom. The van der Waals surface area contributed by atoms with Crippen LogP contribution in [0.4, 0.5) is 0 Å². The molecule has 2 aromatic rings. The SMILES string of the molecule is CSc1ccc(OCc2cnc(Cl)s2)cc1. The van der Waals surface area contributed by atoms with Crippen molar-refractivity contribution >= 4 is 34.7 Å². The highest BCUT2D eigenvalue weighted by atomic mass is 35.5. The fourth-order valence-corrected chi connectivity index (χ4v) is 2.48. The monoisotopic (exact) mass is 271 g/mol. The fourth-order valence-electron chi connectivity index (χ4n) is 1.18. The van der Waals surface area contributed by atoms with Crippen LogP contribution in [-0.4, -0.2) is 11.2 Å². The Balaban J connectivity index is 1.94. The molecule has 0 radical (unpaired) electrons. The molecule has 0 unspecified atom stereocenters. The van der Waals surface area contributed by atoms with Crippen LogP contribution in [0.2, 0.25) is 4.47 Å². The van der Waals surface area contributed by atoms with E-state index in [1.807, 2.05) is 24.3 Å². The summed E-state index contributed by atoms with van der Waals surface area (Å²) < 4.78 is 6.16. The van der Waals surface area contributed by atoms with E-state index in [0.717, 1.165) is 10.6 Å². The molecule has 0 saturated heterocycles. The van der Waals surface area contributed by atoms with Crippen molar-refractivity contribution in [2.75, 3.05) is 6.26 Å². The van der Waals surface area contributed by atoms with Crippen LogP contribution < -0.4 is 4.74 Å². The van der Waals surface area contributed by atoms with Crippen LogP contribution in [0.1, 0.15) is 4.88 Å². The van der Waals surface area contributed by atoms with E-state index in [1.54, 1.807) is 18.0 Å². The number of nitrogens with zero attached hydrogens (tertiary/aromatic N) is 1. The molecule has 1 heterocycles. The van der Waals surface area contributed by atoms with Crippen LogP contribution in [0.15, 0.2) is 35.4 Å². The molecule has 1 aromatic carbocycles. The van der Waals surface area contributed by atoms with Crippen LogP contribution in [0, 0.1) is 0 Å². The van der Waals surface area contributed by atoms with Gasteiger partial charge >= 0.3 is 0 Å². The largest absolute Gasteiger partial charge is 0.488 e. The molecule has 84 valence electrons. The molecule has 0 spiro atoms. The highest BCUT2D eigenvalue weighted by Crippen LogP contribution is 2.22. The van der Waals surface area contributed by atoms with Crippen molar-refractivity contribution in [3.8, 4) is 5.75 Å². The average Bonchev–Trinajstić information content (AvgIpc) is 2.73. The quantitative estimate of drug-likeness (QED) is 0.782. The summed E-state index contributed by atoms with van der Waals surface area (Å²) in [5.41, 5.74) is 0. The van der Waals surface area contributed by atoms with E-state index in [2.05, 4.69) is 11.2 Å². The number of thioether (sulfide) groups is 1. The van der Waals surface area contributed by atoms with Gasteiger partial charge in [0.15, 0.2) is 4.47 Å².